The summed E-state index contributed by atoms with van der Waals surface area (Å²) in [4.78, 5) is 42.4. The van der Waals surface area contributed by atoms with Crippen LogP contribution >= 0.6 is 0 Å². The quantitative estimate of drug-likeness (QED) is 0.317. The Morgan fingerprint density at radius 1 is 1.00 bits per heavy atom. The fourth-order valence-corrected chi connectivity index (χ4v) is 1.90. The van der Waals surface area contributed by atoms with E-state index in [2.05, 4.69) is 21.4 Å². The fraction of sp³-hybridized carbons (Fsp3) is 0.471. The van der Waals surface area contributed by atoms with E-state index in [4.69, 9.17) is 4.74 Å². The molecule has 0 bridgehead atoms. The van der Waals surface area contributed by atoms with E-state index in [1.807, 2.05) is 6.92 Å². The molecule has 7 nitrogen and oxygen atoms in total. The molecule has 0 N–H and O–H groups in total. The van der Waals surface area contributed by atoms with Gasteiger partial charge in [-0.05, 0) is 24.5 Å². The zero-order valence-corrected chi connectivity index (χ0v) is 13.9. The molecule has 1 aromatic rings. The number of ether oxygens (including phenoxy) is 2. The van der Waals surface area contributed by atoms with Crippen LogP contribution < -0.4 is 0 Å². The molecule has 1 unspecified atom stereocenters. The van der Waals surface area contributed by atoms with Crippen molar-refractivity contribution in [3.63, 3.8) is 0 Å². The summed E-state index contributed by atoms with van der Waals surface area (Å²) in [5.41, 5.74) is 0.165. The van der Waals surface area contributed by atoms with Crippen LogP contribution in [0, 0.1) is 5.92 Å². The second kappa shape index (κ2) is 11.0. The lowest BCUT2D eigenvalue weighted by Gasteiger charge is -2.13. The molecule has 1 atom stereocenters. The summed E-state index contributed by atoms with van der Waals surface area (Å²) >= 11 is 0. The second-order valence-electron chi connectivity index (χ2n) is 5.15. The third-order valence-corrected chi connectivity index (χ3v) is 3.34. The SMILES string of the molecule is CCCCC(CC)COC(=O)OOC(=O)OC(=O)c1ccccc1. The Balaban J connectivity index is 2.26. The van der Waals surface area contributed by atoms with Gasteiger partial charge in [-0.3, -0.25) is 0 Å². The summed E-state index contributed by atoms with van der Waals surface area (Å²) in [6.07, 6.45) is 1.30. The third kappa shape index (κ3) is 7.62. The predicted octanol–water partition coefficient (Wildman–Crippen LogP) is 4.26. The molecule has 0 aliphatic carbocycles. The monoisotopic (exact) mass is 338 g/mol. The highest BCUT2D eigenvalue weighted by Crippen LogP contribution is 2.13. The smallest absolute Gasteiger partial charge is 0.431 e. The Morgan fingerprint density at radius 2 is 1.67 bits per heavy atom. The van der Waals surface area contributed by atoms with E-state index in [1.54, 1.807) is 18.2 Å². The molecular formula is C17H22O7. The molecule has 0 radical (unpaired) electrons. The van der Waals surface area contributed by atoms with Crippen LogP contribution in [0.3, 0.4) is 0 Å². The number of unbranched alkanes of at least 4 members (excludes halogenated alkanes) is 1. The summed E-state index contributed by atoms with van der Waals surface area (Å²) in [6.45, 7) is 4.26. The van der Waals surface area contributed by atoms with Crippen molar-refractivity contribution in [2.45, 2.75) is 39.5 Å². The lowest BCUT2D eigenvalue weighted by molar-refractivity contribution is -0.214. The molecule has 0 aliphatic heterocycles. The largest absolute Gasteiger partial charge is 0.558 e. The number of carbonyl (C=O) groups excluding carboxylic acids is 3. The first-order chi connectivity index (χ1) is 11.6. The normalized spacial score (nSPS) is 11.2. The van der Waals surface area contributed by atoms with Gasteiger partial charge in [-0.1, -0.05) is 51.3 Å². The van der Waals surface area contributed by atoms with Gasteiger partial charge in [0.05, 0.1) is 12.2 Å². The van der Waals surface area contributed by atoms with Crippen molar-refractivity contribution in [3.05, 3.63) is 35.9 Å². The molecule has 1 aromatic carbocycles. The minimum absolute atomic E-state index is 0.165. The predicted molar refractivity (Wildman–Crippen MR) is 84.1 cm³/mol. The molecule has 7 heteroatoms. The lowest BCUT2D eigenvalue weighted by Crippen LogP contribution is -2.19. The number of hydrogen-bond acceptors (Lipinski definition) is 7. The van der Waals surface area contributed by atoms with Crippen LogP contribution in [-0.2, 0) is 19.2 Å². The summed E-state index contributed by atoms with van der Waals surface area (Å²) in [5.74, 6) is -0.688. The van der Waals surface area contributed by atoms with Crippen LogP contribution in [0.4, 0.5) is 9.59 Å². The Morgan fingerprint density at radius 3 is 2.29 bits per heavy atom. The maximum Gasteiger partial charge on any atom is 0.558 e. The van der Waals surface area contributed by atoms with Gasteiger partial charge in [0.15, 0.2) is 0 Å². The van der Waals surface area contributed by atoms with E-state index < -0.39 is 18.3 Å². The van der Waals surface area contributed by atoms with E-state index in [-0.39, 0.29) is 18.1 Å². The van der Waals surface area contributed by atoms with Gasteiger partial charge in [0.2, 0.25) is 0 Å². The Labute approximate surface area is 140 Å². The highest BCUT2D eigenvalue weighted by atomic mass is 17.3. The first kappa shape index (κ1) is 19.5. The van der Waals surface area contributed by atoms with Gasteiger partial charge in [0.1, 0.15) is 0 Å². The topological polar surface area (TPSA) is 88.1 Å². The number of rotatable bonds is 7. The van der Waals surface area contributed by atoms with Crippen molar-refractivity contribution < 1.29 is 33.6 Å². The van der Waals surface area contributed by atoms with E-state index >= 15 is 0 Å². The van der Waals surface area contributed by atoms with Gasteiger partial charge in [-0.25, -0.2) is 4.79 Å². The van der Waals surface area contributed by atoms with Gasteiger partial charge < -0.3 is 9.47 Å². The molecule has 0 amide bonds. The van der Waals surface area contributed by atoms with Crippen LogP contribution in [0.2, 0.25) is 0 Å². The van der Waals surface area contributed by atoms with Crippen molar-refractivity contribution in [1.82, 2.24) is 0 Å². The van der Waals surface area contributed by atoms with Gasteiger partial charge in [-0.15, -0.1) is 0 Å². The molecule has 0 spiro atoms. The van der Waals surface area contributed by atoms with Crippen molar-refractivity contribution in [1.29, 1.82) is 0 Å². The van der Waals surface area contributed by atoms with Crippen molar-refractivity contribution in [3.8, 4) is 0 Å². The fourth-order valence-electron chi connectivity index (χ4n) is 1.90. The van der Waals surface area contributed by atoms with Crippen molar-refractivity contribution in [2.24, 2.45) is 5.92 Å². The van der Waals surface area contributed by atoms with Gasteiger partial charge in [0.25, 0.3) is 0 Å². The number of esters is 1. The average Bonchev–Trinajstić information content (AvgIpc) is 2.60. The summed E-state index contributed by atoms with van der Waals surface area (Å²) in [7, 11) is 0. The Kier molecular flexibility index (Phi) is 8.96. The molecule has 0 aromatic heterocycles. The second-order valence-corrected chi connectivity index (χ2v) is 5.15. The first-order valence-electron chi connectivity index (χ1n) is 7.89. The minimum Gasteiger partial charge on any atom is -0.431 e. The molecule has 1 rings (SSSR count). The van der Waals surface area contributed by atoms with Crippen LogP contribution in [0.15, 0.2) is 30.3 Å². The van der Waals surface area contributed by atoms with Gasteiger partial charge in [0, 0.05) is 0 Å². The standard InChI is InChI=1S/C17H22O7/c1-3-5-9-13(4-2)12-21-16(19)23-24-17(20)22-15(18)14-10-7-6-8-11-14/h6-8,10-11,13H,3-5,9,12H2,1-2H3. The van der Waals surface area contributed by atoms with Crippen LogP contribution in [0.1, 0.15) is 49.9 Å². The highest BCUT2D eigenvalue weighted by Gasteiger charge is 2.18. The molecule has 0 fully saturated rings. The molecule has 0 saturated heterocycles. The molecule has 0 heterocycles. The lowest BCUT2D eigenvalue weighted by atomic mass is 10.0. The summed E-state index contributed by atoms with van der Waals surface area (Å²) in [5, 5.41) is 0. The van der Waals surface area contributed by atoms with E-state index in [1.165, 1.54) is 12.1 Å². The molecular weight excluding hydrogens is 316 g/mol. The highest BCUT2D eigenvalue weighted by molar-refractivity contribution is 5.95. The summed E-state index contributed by atoms with van der Waals surface area (Å²) < 4.78 is 9.21. The minimum atomic E-state index is -1.45. The van der Waals surface area contributed by atoms with Gasteiger partial charge >= 0.3 is 18.3 Å². The molecule has 24 heavy (non-hydrogen) atoms. The maximum absolute atomic E-state index is 11.6. The molecule has 0 aliphatic rings. The zero-order chi connectivity index (χ0) is 17.8. The molecule has 132 valence electrons. The number of hydrogen-bond donors (Lipinski definition) is 0. The van der Waals surface area contributed by atoms with Crippen LogP contribution in [0.5, 0.6) is 0 Å². The van der Waals surface area contributed by atoms with Crippen LogP contribution in [-0.4, -0.2) is 24.9 Å². The summed E-state index contributed by atoms with van der Waals surface area (Å²) in [6, 6.07) is 7.85. The molecule has 0 saturated carbocycles. The number of carbonyl (C=O) groups is 3. The van der Waals surface area contributed by atoms with Crippen molar-refractivity contribution >= 4 is 18.3 Å². The van der Waals surface area contributed by atoms with E-state index in [0.29, 0.717) is 0 Å². The maximum atomic E-state index is 11.6. The first-order valence-corrected chi connectivity index (χ1v) is 7.89. The van der Waals surface area contributed by atoms with Crippen molar-refractivity contribution in [2.75, 3.05) is 6.61 Å². The van der Waals surface area contributed by atoms with Gasteiger partial charge in [-0.2, -0.15) is 19.4 Å². The Hall–Kier alpha value is -2.57. The number of benzene rings is 1. The third-order valence-electron chi connectivity index (χ3n) is 3.34. The van der Waals surface area contributed by atoms with Crippen LogP contribution in [0.25, 0.3) is 0 Å². The average molecular weight is 338 g/mol. The Bertz CT molecular complexity index is 527. The zero-order valence-electron chi connectivity index (χ0n) is 13.9. The van der Waals surface area contributed by atoms with E-state index in [9.17, 15) is 14.4 Å². The van der Waals surface area contributed by atoms with E-state index in [0.717, 1.165) is 25.7 Å².